The van der Waals surface area contributed by atoms with Crippen LogP contribution in [0.1, 0.15) is 38.5 Å². The van der Waals surface area contributed by atoms with Crippen molar-refractivity contribution in [2.45, 2.75) is 62.7 Å². The van der Waals surface area contributed by atoms with Crippen molar-refractivity contribution < 1.29 is 18.4 Å². The average molecular weight is 235 g/mol. The number of nitrogens with zero attached hydrogens (tertiary/aromatic N) is 1. The second kappa shape index (κ2) is 4.24. The Labute approximate surface area is 92.1 Å². The Balaban J connectivity index is 1.77. The van der Waals surface area contributed by atoms with Crippen LogP contribution in [0.3, 0.4) is 0 Å². The molecule has 6 heteroatoms. The molecular formula is C10H15F2NO3. The van der Waals surface area contributed by atoms with Gasteiger partial charge in [-0.3, -0.25) is 10.1 Å². The number of rotatable bonds is 3. The first-order chi connectivity index (χ1) is 7.48. The van der Waals surface area contributed by atoms with E-state index in [0.717, 1.165) is 0 Å². The lowest BCUT2D eigenvalue weighted by molar-refractivity contribution is -0.552. The molecule has 0 aromatic carbocycles. The summed E-state index contributed by atoms with van der Waals surface area (Å²) >= 11 is 0. The summed E-state index contributed by atoms with van der Waals surface area (Å²) in [7, 11) is 0. The molecular weight excluding hydrogens is 220 g/mol. The summed E-state index contributed by atoms with van der Waals surface area (Å²) < 4.78 is 31.2. The highest BCUT2D eigenvalue weighted by Crippen LogP contribution is 2.36. The van der Waals surface area contributed by atoms with Gasteiger partial charge in [-0.05, 0) is 19.3 Å². The van der Waals surface area contributed by atoms with E-state index in [4.69, 9.17) is 4.74 Å². The van der Waals surface area contributed by atoms with Crippen molar-refractivity contribution >= 4 is 0 Å². The van der Waals surface area contributed by atoms with Crippen LogP contribution in [-0.4, -0.2) is 29.1 Å². The summed E-state index contributed by atoms with van der Waals surface area (Å²) in [6.45, 7) is 0. The molecule has 0 aromatic rings. The molecule has 2 atom stereocenters. The molecule has 0 aromatic heterocycles. The van der Waals surface area contributed by atoms with Crippen molar-refractivity contribution in [2.75, 3.05) is 0 Å². The Hall–Kier alpha value is -0.780. The summed E-state index contributed by atoms with van der Waals surface area (Å²) in [4.78, 5) is 10.2. The fourth-order valence-corrected chi connectivity index (χ4v) is 2.25. The fraction of sp³-hybridized carbons (Fsp3) is 1.00. The third kappa shape index (κ3) is 2.48. The average Bonchev–Trinajstić information content (AvgIpc) is 2.13. The molecule has 0 bridgehead atoms. The van der Waals surface area contributed by atoms with Crippen molar-refractivity contribution in [3.8, 4) is 0 Å². The maximum absolute atomic E-state index is 12.9. The van der Waals surface area contributed by atoms with Gasteiger partial charge < -0.3 is 4.74 Å². The van der Waals surface area contributed by atoms with E-state index in [1.54, 1.807) is 0 Å². The summed E-state index contributed by atoms with van der Waals surface area (Å²) in [5, 5.41) is 10.5. The first-order valence-electron chi connectivity index (χ1n) is 5.65. The summed E-state index contributed by atoms with van der Waals surface area (Å²) in [6, 6.07) is -0.623. The van der Waals surface area contributed by atoms with Crippen LogP contribution in [-0.2, 0) is 4.74 Å². The van der Waals surface area contributed by atoms with Crippen molar-refractivity contribution in [3.63, 3.8) is 0 Å². The predicted octanol–water partition coefficient (Wildman–Crippen LogP) is 2.39. The molecule has 4 nitrogen and oxygen atoms in total. The number of nitro groups is 1. The van der Waals surface area contributed by atoms with Gasteiger partial charge in [0.15, 0.2) is 0 Å². The quantitative estimate of drug-likeness (QED) is 0.557. The maximum Gasteiger partial charge on any atom is 0.248 e. The molecule has 2 saturated carbocycles. The molecule has 2 rings (SSSR count). The summed E-state index contributed by atoms with van der Waals surface area (Å²) in [5.74, 6) is -2.57. The van der Waals surface area contributed by atoms with Gasteiger partial charge in [-0.1, -0.05) is 0 Å². The number of halogens is 2. The number of ether oxygens (including phenoxy) is 1. The third-order valence-corrected chi connectivity index (χ3v) is 3.48. The van der Waals surface area contributed by atoms with E-state index in [2.05, 4.69) is 0 Å². The monoisotopic (exact) mass is 235 g/mol. The van der Waals surface area contributed by atoms with Gasteiger partial charge in [0.2, 0.25) is 12.0 Å². The Morgan fingerprint density at radius 1 is 1.19 bits per heavy atom. The molecule has 0 spiro atoms. The second-order valence-corrected chi connectivity index (χ2v) is 4.66. The first-order valence-corrected chi connectivity index (χ1v) is 5.65. The Morgan fingerprint density at radius 2 is 1.81 bits per heavy atom. The van der Waals surface area contributed by atoms with Crippen LogP contribution < -0.4 is 0 Å². The number of alkyl halides is 2. The van der Waals surface area contributed by atoms with Crippen molar-refractivity contribution in [1.82, 2.24) is 0 Å². The van der Waals surface area contributed by atoms with Gasteiger partial charge in [0.25, 0.3) is 0 Å². The molecule has 0 saturated heterocycles. The van der Waals surface area contributed by atoms with E-state index in [1.807, 2.05) is 0 Å². The van der Waals surface area contributed by atoms with Crippen molar-refractivity contribution in [1.29, 1.82) is 0 Å². The lowest BCUT2D eigenvalue weighted by Crippen LogP contribution is -2.47. The standard InChI is InChI=1S/C10H15F2NO3/c11-10(12)5-3-7(4-6-10)16-9-2-1-8(9)13(14)15/h7-9H,1-6H2/t8?,9-/m1/s1. The van der Waals surface area contributed by atoms with E-state index in [0.29, 0.717) is 25.7 Å². The predicted molar refractivity (Wildman–Crippen MR) is 52.1 cm³/mol. The molecule has 0 radical (unpaired) electrons. The van der Waals surface area contributed by atoms with Crippen LogP contribution in [0.5, 0.6) is 0 Å². The molecule has 0 aliphatic heterocycles. The minimum atomic E-state index is -2.57. The highest BCUT2D eigenvalue weighted by molar-refractivity contribution is 4.85. The number of hydrogen-bond donors (Lipinski definition) is 0. The van der Waals surface area contributed by atoms with Crippen LogP contribution in [0.15, 0.2) is 0 Å². The number of hydrogen-bond acceptors (Lipinski definition) is 3. The summed E-state index contributed by atoms with van der Waals surface area (Å²) in [6.07, 6.45) is 0.959. The van der Waals surface area contributed by atoms with E-state index < -0.39 is 12.0 Å². The normalized spacial score (nSPS) is 34.4. The smallest absolute Gasteiger partial charge is 0.248 e. The lowest BCUT2D eigenvalue weighted by Gasteiger charge is -2.35. The van der Waals surface area contributed by atoms with Gasteiger partial charge in [0.1, 0.15) is 6.10 Å². The zero-order valence-corrected chi connectivity index (χ0v) is 8.90. The zero-order valence-electron chi connectivity index (χ0n) is 8.90. The fourth-order valence-electron chi connectivity index (χ4n) is 2.25. The largest absolute Gasteiger partial charge is 0.368 e. The zero-order chi connectivity index (χ0) is 11.8. The molecule has 2 aliphatic carbocycles. The molecule has 0 N–H and O–H groups in total. The van der Waals surface area contributed by atoms with E-state index in [9.17, 15) is 18.9 Å². The highest BCUT2D eigenvalue weighted by Gasteiger charge is 2.44. The Kier molecular flexibility index (Phi) is 3.10. The van der Waals surface area contributed by atoms with E-state index in [-0.39, 0.29) is 30.0 Å². The third-order valence-electron chi connectivity index (χ3n) is 3.48. The van der Waals surface area contributed by atoms with Crippen LogP contribution in [0.25, 0.3) is 0 Å². The van der Waals surface area contributed by atoms with Gasteiger partial charge in [-0.15, -0.1) is 0 Å². The van der Waals surface area contributed by atoms with Gasteiger partial charge >= 0.3 is 0 Å². The molecule has 0 heterocycles. The van der Waals surface area contributed by atoms with Gasteiger partial charge in [-0.2, -0.15) is 0 Å². The molecule has 0 amide bonds. The SMILES string of the molecule is O=[N+]([O-])C1CC[C@H]1OC1CCC(F)(F)CC1. The van der Waals surface area contributed by atoms with Crippen molar-refractivity contribution in [3.05, 3.63) is 10.1 Å². The maximum atomic E-state index is 12.9. The Morgan fingerprint density at radius 3 is 2.25 bits per heavy atom. The van der Waals surface area contributed by atoms with Crippen LogP contribution in [0.4, 0.5) is 8.78 Å². The first kappa shape index (κ1) is 11.7. The van der Waals surface area contributed by atoms with Crippen LogP contribution in [0, 0.1) is 10.1 Å². The van der Waals surface area contributed by atoms with Crippen molar-refractivity contribution in [2.24, 2.45) is 0 Å². The molecule has 2 aliphatic rings. The molecule has 2 fully saturated rings. The van der Waals surface area contributed by atoms with E-state index in [1.165, 1.54) is 0 Å². The summed E-state index contributed by atoms with van der Waals surface area (Å²) in [5.41, 5.74) is 0. The second-order valence-electron chi connectivity index (χ2n) is 4.66. The molecule has 16 heavy (non-hydrogen) atoms. The molecule has 1 unspecified atom stereocenters. The topological polar surface area (TPSA) is 52.4 Å². The highest BCUT2D eigenvalue weighted by atomic mass is 19.3. The lowest BCUT2D eigenvalue weighted by atomic mass is 9.88. The minimum absolute atomic E-state index is 0.159. The van der Waals surface area contributed by atoms with Gasteiger partial charge in [-0.25, -0.2) is 8.78 Å². The minimum Gasteiger partial charge on any atom is -0.368 e. The van der Waals surface area contributed by atoms with Crippen LogP contribution in [0.2, 0.25) is 0 Å². The van der Waals surface area contributed by atoms with Gasteiger partial charge in [0.05, 0.1) is 6.10 Å². The van der Waals surface area contributed by atoms with Gasteiger partial charge in [0, 0.05) is 24.2 Å². The van der Waals surface area contributed by atoms with Crippen LogP contribution >= 0.6 is 0 Å². The molecule has 92 valence electrons. The Bertz CT molecular complexity index is 275. The van der Waals surface area contributed by atoms with E-state index >= 15 is 0 Å².